The van der Waals surface area contributed by atoms with Crippen molar-refractivity contribution in [2.75, 3.05) is 45.2 Å². The van der Waals surface area contributed by atoms with E-state index in [0.29, 0.717) is 12.1 Å². The summed E-state index contributed by atoms with van der Waals surface area (Å²) < 4.78 is 0. The summed E-state index contributed by atoms with van der Waals surface area (Å²) in [5.41, 5.74) is 2.54. The van der Waals surface area contributed by atoms with Crippen molar-refractivity contribution in [3.63, 3.8) is 0 Å². The van der Waals surface area contributed by atoms with Gasteiger partial charge in [-0.15, -0.1) is 0 Å². The van der Waals surface area contributed by atoms with Crippen LogP contribution in [0.5, 0.6) is 0 Å². The number of aromatic nitrogens is 2. The van der Waals surface area contributed by atoms with Gasteiger partial charge in [0.1, 0.15) is 0 Å². The molecule has 2 aromatic rings. The molecule has 1 aromatic carbocycles. The van der Waals surface area contributed by atoms with Crippen molar-refractivity contribution in [2.24, 2.45) is 0 Å². The lowest BCUT2D eigenvalue weighted by Gasteiger charge is -2.15. The zero-order valence-electron chi connectivity index (χ0n) is 14.9. The number of hydrogen-bond donors (Lipinski definition) is 1. The zero-order valence-corrected chi connectivity index (χ0v) is 14.9. The van der Waals surface area contributed by atoms with Gasteiger partial charge in [-0.2, -0.15) is 0 Å². The van der Waals surface area contributed by atoms with Gasteiger partial charge in [-0.3, -0.25) is 4.79 Å². The summed E-state index contributed by atoms with van der Waals surface area (Å²) in [5, 5.41) is 2.92. The van der Waals surface area contributed by atoms with E-state index in [1.54, 1.807) is 6.20 Å². The van der Waals surface area contributed by atoms with Crippen molar-refractivity contribution in [3.05, 3.63) is 42.1 Å². The van der Waals surface area contributed by atoms with Gasteiger partial charge in [-0.25, -0.2) is 9.97 Å². The Morgan fingerprint density at radius 2 is 1.88 bits per heavy atom. The number of carbonyl (C=O) groups excluding carboxylic acids is 1. The molecule has 1 aliphatic rings. The van der Waals surface area contributed by atoms with Crippen molar-refractivity contribution >= 4 is 11.9 Å². The van der Waals surface area contributed by atoms with E-state index in [0.717, 1.165) is 36.8 Å². The Labute approximate surface area is 148 Å². The number of likely N-dealkylation sites (N-methyl/N-ethyl adjacent to an activating group) is 1. The highest BCUT2D eigenvalue weighted by Gasteiger charge is 2.15. The number of nitrogens with zero attached hydrogens (tertiary/aromatic N) is 4. The standard InChI is InChI=1S/C19H25N5O/c1-23(2)14-11-20-18(25)16-7-5-15(6-8-16)17-9-10-21-19(22-17)24-12-3-4-13-24/h5-10H,3-4,11-14H2,1-2H3,(H,20,25). The molecule has 0 bridgehead atoms. The molecule has 2 heterocycles. The molecule has 6 nitrogen and oxygen atoms in total. The molecule has 6 heteroatoms. The SMILES string of the molecule is CN(C)CCNC(=O)c1ccc(-c2ccnc(N3CCCC3)n2)cc1. The fourth-order valence-electron chi connectivity index (χ4n) is 2.87. The molecule has 3 rings (SSSR count). The molecule has 0 saturated carbocycles. The Morgan fingerprint density at radius 1 is 1.16 bits per heavy atom. The highest BCUT2D eigenvalue weighted by atomic mass is 16.1. The smallest absolute Gasteiger partial charge is 0.251 e. The van der Waals surface area contributed by atoms with Crippen molar-refractivity contribution in [1.29, 1.82) is 0 Å². The maximum atomic E-state index is 12.1. The Hall–Kier alpha value is -2.47. The van der Waals surface area contributed by atoms with Crippen molar-refractivity contribution in [3.8, 4) is 11.3 Å². The second kappa shape index (κ2) is 8.07. The monoisotopic (exact) mass is 339 g/mol. The van der Waals surface area contributed by atoms with Crippen LogP contribution in [-0.4, -0.2) is 61.0 Å². The van der Waals surface area contributed by atoms with Crippen LogP contribution < -0.4 is 10.2 Å². The lowest BCUT2D eigenvalue weighted by molar-refractivity contribution is 0.0951. The Morgan fingerprint density at radius 3 is 2.56 bits per heavy atom. The number of hydrogen-bond acceptors (Lipinski definition) is 5. The number of rotatable bonds is 6. The molecule has 0 spiro atoms. The van der Waals surface area contributed by atoms with E-state index in [-0.39, 0.29) is 5.91 Å². The summed E-state index contributed by atoms with van der Waals surface area (Å²) in [6, 6.07) is 9.48. The minimum absolute atomic E-state index is 0.0474. The summed E-state index contributed by atoms with van der Waals surface area (Å²) in [5.74, 6) is 0.745. The molecular weight excluding hydrogens is 314 g/mol. The van der Waals surface area contributed by atoms with Crippen LogP contribution >= 0.6 is 0 Å². The molecule has 1 N–H and O–H groups in total. The van der Waals surface area contributed by atoms with E-state index in [1.807, 2.05) is 49.3 Å². The third kappa shape index (κ3) is 4.54. The summed E-state index contributed by atoms with van der Waals surface area (Å²) in [6.45, 7) is 3.51. The van der Waals surface area contributed by atoms with Gasteiger partial charge in [-0.05, 0) is 45.1 Å². The predicted molar refractivity (Wildman–Crippen MR) is 99.8 cm³/mol. The van der Waals surface area contributed by atoms with Crippen LogP contribution in [0.1, 0.15) is 23.2 Å². The van der Waals surface area contributed by atoms with Crippen molar-refractivity contribution in [2.45, 2.75) is 12.8 Å². The minimum Gasteiger partial charge on any atom is -0.351 e. The lowest BCUT2D eigenvalue weighted by atomic mass is 10.1. The number of anilines is 1. The number of benzene rings is 1. The van der Waals surface area contributed by atoms with Gasteiger partial charge in [0.2, 0.25) is 5.95 Å². The largest absolute Gasteiger partial charge is 0.351 e. The van der Waals surface area contributed by atoms with Gasteiger partial charge in [0, 0.05) is 43.5 Å². The highest BCUT2D eigenvalue weighted by Crippen LogP contribution is 2.21. The summed E-state index contributed by atoms with van der Waals surface area (Å²) in [4.78, 5) is 25.5. The van der Waals surface area contributed by atoms with Crippen LogP contribution in [0.2, 0.25) is 0 Å². The first kappa shape index (κ1) is 17.4. The van der Waals surface area contributed by atoms with Crippen molar-refractivity contribution < 1.29 is 4.79 Å². The Kier molecular flexibility index (Phi) is 5.60. The molecule has 132 valence electrons. The second-order valence-electron chi connectivity index (χ2n) is 6.57. The fraction of sp³-hybridized carbons (Fsp3) is 0.421. The quantitative estimate of drug-likeness (QED) is 0.873. The average molecular weight is 339 g/mol. The highest BCUT2D eigenvalue weighted by molar-refractivity contribution is 5.94. The van der Waals surface area contributed by atoms with Crippen LogP contribution in [0.4, 0.5) is 5.95 Å². The topological polar surface area (TPSA) is 61.4 Å². The van der Waals surface area contributed by atoms with Crippen LogP contribution in [0, 0.1) is 0 Å². The van der Waals surface area contributed by atoms with Crippen LogP contribution in [0.3, 0.4) is 0 Å². The number of amides is 1. The average Bonchev–Trinajstić information content (AvgIpc) is 3.16. The first-order valence-corrected chi connectivity index (χ1v) is 8.75. The lowest BCUT2D eigenvalue weighted by Crippen LogP contribution is -2.31. The van der Waals surface area contributed by atoms with Gasteiger partial charge in [-0.1, -0.05) is 12.1 Å². The van der Waals surface area contributed by atoms with Gasteiger partial charge >= 0.3 is 0 Å². The van der Waals surface area contributed by atoms with Gasteiger partial charge in [0.25, 0.3) is 5.91 Å². The zero-order chi connectivity index (χ0) is 17.6. The first-order chi connectivity index (χ1) is 12.1. The van der Waals surface area contributed by atoms with Gasteiger partial charge < -0.3 is 15.1 Å². The van der Waals surface area contributed by atoms with Gasteiger partial charge in [0.15, 0.2) is 0 Å². The third-order valence-electron chi connectivity index (χ3n) is 4.32. The molecule has 25 heavy (non-hydrogen) atoms. The van der Waals surface area contributed by atoms with E-state index in [4.69, 9.17) is 0 Å². The molecule has 1 saturated heterocycles. The summed E-state index contributed by atoms with van der Waals surface area (Å²) in [7, 11) is 3.97. The molecule has 1 aliphatic heterocycles. The Balaban J connectivity index is 1.67. The molecule has 0 atom stereocenters. The normalized spacial score (nSPS) is 14.1. The number of nitrogens with one attached hydrogen (secondary N) is 1. The first-order valence-electron chi connectivity index (χ1n) is 8.75. The number of carbonyl (C=O) groups is 1. The molecule has 1 fully saturated rings. The second-order valence-corrected chi connectivity index (χ2v) is 6.57. The van der Waals surface area contributed by atoms with E-state index < -0.39 is 0 Å². The molecular formula is C19H25N5O. The van der Waals surface area contributed by atoms with Crippen molar-refractivity contribution in [1.82, 2.24) is 20.2 Å². The molecule has 0 unspecified atom stereocenters. The van der Waals surface area contributed by atoms with Gasteiger partial charge in [0.05, 0.1) is 5.69 Å². The van der Waals surface area contributed by atoms with Crippen LogP contribution in [-0.2, 0) is 0 Å². The maximum absolute atomic E-state index is 12.1. The Bertz CT molecular complexity index is 708. The molecule has 1 amide bonds. The predicted octanol–water partition coefficient (Wildman–Crippen LogP) is 2.04. The van der Waals surface area contributed by atoms with E-state index in [2.05, 4.69) is 20.2 Å². The molecule has 0 aliphatic carbocycles. The summed E-state index contributed by atoms with van der Waals surface area (Å²) >= 11 is 0. The third-order valence-corrected chi connectivity index (χ3v) is 4.32. The molecule has 0 radical (unpaired) electrons. The fourth-order valence-corrected chi connectivity index (χ4v) is 2.87. The van der Waals surface area contributed by atoms with E-state index >= 15 is 0 Å². The van der Waals surface area contributed by atoms with E-state index in [1.165, 1.54) is 12.8 Å². The minimum atomic E-state index is -0.0474. The molecule has 1 aromatic heterocycles. The van der Waals surface area contributed by atoms with E-state index in [9.17, 15) is 4.79 Å². The van der Waals surface area contributed by atoms with Crippen LogP contribution in [0.25, 0.3) is 11.3 Å². The van der Waals surface area contributed by atoms with Crippen LogP contribution in [0.15, 0.2) is 36.5 Å². The summed E-state index contributed by atoms with van der Waals surface area (Å²) in [6.07, 6.45) is 4.20. The maximum Gasteiger partial charge on any atom is 0.251 e.